The molecule has 3 rings (SSSR count). The van der Waals surface area contributed by atoms with Crippen molar-refractivity contribution < 1.29 is 4.39 Å². The average Bonchev–Trinajstić information content (AvgIpc) is 2.63. The highest BCUT2D eigenvalue weighted by atomic mass is 19.1. The van der Waals surface area contributed by atoms with E-state index >= 15 is 0 Å². The van der Waals surface area contributed by atoms with Crippen LogP contribution in [0, 0.1) is 17.7 Å². The summed E-state index contributed by atoms with van der Waals surface area (Å²) in [6, 6.07) is 5.21. The molecule has 0 N–H and O–H groups in total. The summed E-state index contributed by atoms with van der Waals surface area (Å²) in [5.74, 6) is 2.17. The van der Waals surface area contributed by atoms with Gasteiger partial charge >= 0.3 is 0 Å². The molecule has 140 valence electrons. The zero-order chi connectivity index (χ0) is 18.7. The Morgan fingerprint density at radius 3 is 2.31 bits per heavy atom. The molecule has 3 nitrogen and oxygen atoms in total. The fourth-order valence-corrected chi connectivity index (χ4v) is 3.68. The molecule has 1 aromatic carbocycles. The molecule has 0 bridgehead atoms. The second kappa shape index (κ2) is 8.26. The zero-order valence-electron chi connectivity index (χ0n) is 16.4. The van der Waals surface area contributed by atoms with Crippen LogP contribution in [0.4, 0.5) is 4.39 Å². The van der Waals surface area contributed by atoms with Gasteiger partial charge in [0.15, 0.2) is 5.82 Å². The first-order valence-corrected chi connectivity index (χ1v) is 9.77. The van der Waals surface area contributed by atoms with Gasteiger partial charge in [-0.1, -0.05) is 33.8 Å². The number of halogens is 1. The molecule has 0 aliphatic carbocycles. The highest BCUT2D eigenvalue weighted by Gasteiger charge is 2.21. The van der Waals surface area contributed by atoms with Gasteiger partial charge in [-0.25, -0.2) is 14.4 Å². The van der Waals surface area contributed by atoms with E-state index in [0.29, 0.717) is 17.3 Å². The van der Waals surface area contributed by atoms with Gasteiger partial charge in [-0.3, -0.25) is 4.90 Å². The van der Waals surface area contributed by atoms with Crippen molar-refractivity contribution in [2.75, 3.05) is 13.1 Å². The van der Waals surface area contributed by atoms with Crippen LogP contribution in [-0.4, -0.2) is 28.0 Å². The Morgan fingerprint density at radius 2 is 1.73 bits per heavy atom. The first-order chi connectivity index (χ1) is 12.4. The van der Waals surface area contributed by atoms with Crippen LogP contribution >= 0.6 is 0 Å². The lowest BCUT2D eigenvalue weighted by Crippen LogP contribution is -2.34. The summed E-state index contributed by atoms with van der Waals surface area (Å²) in [6.07, 6.45) is 6.23. The van der Waals surface area contributed by atoms with Crippen LogP contribution in [-0.2, 0) is 6.54 Å². The zero-order valence-corrected chi connectivity index (χ0v) is 16.4. The minimum absolute atomic E-state index is 0.266. The third-order valence-electron chi connectivity index (χ3n) is 5.58. The molecule has 0 atom stereocenters. The second-order valence-corrected chi connectivity index (χ2v) is 8.17. The van der Waals surface area contributed by atoms with E-state index in [9.17, 15) is 4.39 Å². The first kappa shape index (κ1) is 19.0. The molecular weight excluding hydrogens is 325 g/mol. The minimum Gasteiger partial charge on any atom is -0.299 e. The molecule has 0 amide bonds. The average molecular weight is 356 g/mol. The molecular formula is C22H30FN3. The number of rotatable bonds is 5. The van der Waals surface area contributed by atoms with E-state index in [0.717, 1.165) is 42.6 Å². The smallest absolute Gasteiger partial charge is 0.162 e. The van der Waals surface area contributed by atoms with Crippen molar-refractivity contribution in [3.8, 4) is 11.4 Å². The van der Waals surface area contributed by atoms with Gasteiger partial charge in [-0.15, -0.1) is 0 Å². The van der Waals surface area contributed by atoms with Crippen LogP contribution in [0.15, 0.2) is 30.6 Å². The van der Waals surface area contributed by atoms with Gasteiger partial charge < -0.3 is 0 Å². The monoisotopic (exact) mass is 355 g/mol. The lowest BCUT2D eigenvalue weighted by molar-refractivity contribution is 0.152. The van der Waals surface area contributed by atoms with E-state index in [2.05, 4.69) is 42.6 Å². The van der Waals surface area contributed by atoms with E-state index in [1.54, 1.807) is 0 Å². The number of nitrogens with zero attached hydrogens (tertiary/aromatic N) is 3. The number of likely N-dealkylation sites (tertiary alicyclic amines) is 1. The topological polar surface area (TPSA) is 29.0 Å². The molecule has 1 fully saturated rings. The molecule has 26 heavy (non-hydrogen) atoms. The molecule has 0 unspecified atom stereocenters. The Bertz CT molecular complexity index is 717. The van der Waals surface area contributed by atoms with Gasteiger partial charge in [-0.2, -0.15) is 0 Å². The van der Waals surface area contributed by atoms with Crippen molar-refractivity contribution in [3.05, 3.63) is 47.5 Å². The van der Waals surface area contributed by atoms with Gasteiger partial charge in [0.25, 0.3) is 0 Å². The number of hydrogen-bond donors (Lipinski definition) is 0. The van der Waals surface area contributed by atoms with Gasteiger partial charge in [-0.05, 0) is 61.4 Å². The Kier molecular flexibility index (Phi) is 6.02. The van der Waals surface area contributed by atoms with Crippen molar-refractivity contribution >= 4 is 0 Å². The molecule has 0 spiro atoms. The van der Waals surface area contributed by atoms with E-state index < -0.39 is 0 Å². The maximum Gasteiger partial charge on any atom is 0.162 e. The summed E-state index contributed by atoms with van der Waals surface area (Å²) >= 11 is 0. The normalized spacial score (nSPS) is 16.6. The van der Waals surface area contributed by atoms with Crippen LogP contribution in [0.3, 0.4) is 0 Å². The molecule has 1 aromatic heterocycles. The fraction of sp³-hybridized carbons (Fsp3) is 0.545. The summed E-state index contributed by atoms with van der Waals surface area (Å²) in [5, 5.41) is 0. The summed E-state index contributed by atoms with van der Waals surface area (Å²) in [4.78, 5) is 11.4. The van der Waals surface area contributed by atoms with Crippen LogP contribution in [0.2, 0.25) is 0 Å². The second-order valence-electron chi connectivity index (χ2n) is 8.17. The van der Waals surface area contributed by atoms with E-state index in [-0.39, 0.29) is 5.82 Å². The number of piperidine rings is 1. The predicted octanol–water partition coefficient (Wildman–Crippen LogP) is 5.27. The quantitative estimate of drug-likeness (QED) is 0.731. The maximum atomic E-state index is 14.2. The summed E-state index contributed by atoms with van der Waals surface area (Å²) < 4.78 is 14.2. The number of hydrogen-bond acceptors (Lipinski definition) is 3. The van der Waals surface area contributed by atoms with Gasteiger partial charge in [0.2, 0.25) is 0 Å². The molecule has 1 saturated heterocycles. The molecule has 0 saturated carbocycles. The SMILES string of the molecule is CC(C)c1ccc(F)c(-c2ncc(CN3CCC(C(C)C)CC3)cn2)c1. The van der Waals surface area contributed by atoms with Crippen LogP contribution in [0.1, 0.15) is 57.6 Å². The summed E-state index contributed by atoms with van der Waals surface area (Å²) in [6.45, 7) is 12.0. The predicted molar refractivity (Wildman–Crippen MR) is 104 cm³/mol. The Morgan fingerprint density at radius 1 is 1.08 bits per heavy atom. The molecule has 1 aliphatic rings. The largest absolute Gasteiger partial charge is 0.299 e. The van der Waals surface area contributed by atoms with Crippen molar-refractivity contribution in [2.45, 2.75) is 53.0 Å². The third kappa shape index (κ3) is 4.47. The van der Waals surface area contributed by atoms with Crippen LogP contribution < -0.4 is 0 Å². The Balaban J connectivity index is 1.67. The van der Waals surface area contributed by atoms with Gasteiger partial charge in [0.1, 0.15) is 5.82 Å². The Labute approximate surface area is 156 Å². The van der Waals surface area contributed by atoms with Crippen molar-refractivity contribution in [1.82, 2.24) is 14.9 Å². The molecule has 2 heterocycles. The molecule has 4 heteroatoms. The van der Waals surface area contributed by atoms with Crippen molar-refractivity contribution in [3.63, 3.8) is 0 Å². The van der Waals surface area contributed by atoms with Crippen molar-refractivity contribution in [1.29, 1.82) is 0 Å². The highest BCUT2D eigenvalue weighted by Crippen LogP contribution is 2.26. The standard InChI is InChI=1S/C22H30FN3/c1-15(2)18-7-9-26(10-8-18)14-17-12-24-22(25-13-17)20-11-19(16(3)4)5-6-21(20)23/h5-6,11-13,15-16,18H,7-10,14H2,1-4H3. The number of benzene rings is 1. The summed E-state index contributed by atoms with van der Waals surface area (Å²) in [5.41, 5.74) is 2.68. The Hall–Kier alpha value is -1.81. The van der Waals surface area contributed by atoms with Crippen LogP contribution in [0.25, 0.3) is 11.4 Å². The molecule has 1 aliphatic heterocycles. The van der Waals surface area contributed by atoms with Crippen molar-refractivity contribution in [2.24, 2.45) is 11.8 Å². The molecule has 2 aromatic rings. The molecule has 0 radical (unpaired) electrons. The number of aromatic nitrogens is 2. The minimum atomic E-state index is -0.266. The van der Waals surface area contributed by atoms with E-state index in [1.165, 1.54) is 18.9 Å². The lowest BCUT2D eigenvalue weighted by atomic mass is 9.87. The highest BCUT2D eigenvalue weighted by molar-refractivity contribution is 5.57. The first-order valence-electron chi connectivity index (χ1n) is 9.77. The van der Waals surface area contributed by atoms with Gasteiger partial charge in [0.05, 0.1) is 5.56 Å². The lowest BCUT2D eigenvalue weighted by Gasteiger charge is -2.33. The van der Waals surface area contributed by atoms with Crippen LogP contribution in [0.5, 0.6) is 0 Å². The third-order valence-corrected chi connectivity index (χ3v) is 5.58. The maximum absolute atomic E-state index is 14.2. The summed E-state index contributed by atoms with van der Waals surface area (Å²) in [7, 11) is 0. The van der Waals surface area contributed by atoms with Gasteiger partial charge in [0, 0.05) is 24.5 Å². The van der Waals surface area contributed by atoms with E-state index in [4.69, 9.17) is 0 Å². The van der Waals surface area contributed by atoms with E-state index in [1.807, 2.05) is 24.5 Å². The fourth-order valence-electron chi connectivity index (χ4n) is 3.68.